The van der Waals surface area contributed by atoms with Crippen LogP contribution in [0.3, 0.4) is 0 Å². The molecule has 0 unspecified atom stereocenters. The zero-order valence-corrected chi connectivity index (χ0v) is 20.5. The van der Waals surface area contributed by atoms with Crippen LogP contribution in [0.15, 0.2) is 58.9 Å². The number of pyridine rings is 1. The van der Waals surface area contributed by atoms with Crippen LogP contribution in [-0.4, -0.2) is 30.9 Å². The average molecular weight is 462 g/mol. The fraction of sp³-hybridized carbons (Fsp3) is 0.370. The number of dihydropyridines is 1. The second-order valence-electron chi connectivity index (χ2n) is 9.66. The minimum atomic E-state index is -0.578. The lowest BCUT2D eigenvalue weighted by Gasteiger charge is -2.40. The first kappa shape index (κ1) is 23.5. The predicted octanol–water partition coefficient (Wildman–Crippen LogP) is 4.65. The summed E-state index contributed by atoms with van der Waals surface area (Å²) in [6.07, 6.45) is 1.13. The van der Waals surface area contributed by atoms with Crippen LogP contribution in [0.25, 0.3) is 0 Å². The molecular formula is C27H31N3O4. The number of allylic oxidation sites excluding steroid dienone is 3. The van der Waals surface area contributed by atoms with Crippen LogP contribution in [0.2, 0.25) is 0 Å². The Kier molecular flexibility index (Phi) is 6.21. The lowest BCUT2D eigenvalue weighted by Crippen LogP contribution is -2.39. The second kappa shape index (κ2) is 8.97. The van der Waals surface area contributed by atoms with Gasteiger partial charge in [0.1, 0.15) is 17.3 Å². The van der Waals surface area contributed by atoms with Crippen LogP contribution in [0.5, 0.6) is 11.5 Å². The Morgan fingerprint density at radius 1 is 1.12 bits per heavy atom. The van der Waals surface area contributed by atoms with Crippen molar-refractivity contribution < 1.29 is 19.1 Å². The topological polar surface area (TPSA) is 89.5 Å². The molecule has 178 valence electrons. The molecule has 0 radical (unpaired) electrons. The van der Waals surface area contributed by atoms with E-state index < -0.39 is 5.92 Å². The Morgan fingerprint density at radius 2 is 1.88 bits per heavy atom. The molecule has 1 aromatic heterocycles. The molecule has 34 heavy (non-hydrogen) atoms. The highest BCUT2D eigenvalue weighted by atomic mass is 16.5. The van der Waals surface area contributed by atoms with Crippen molar-refractivity contribution in [3.8, 4) is 11.5 Å². The number of Topliss-reactive ketones (excluding diaryl/α,β-unsaturated/α-hetero) is 1. The van der Waals surface area contributed by atoms with Crippen molar-refractivity contribution in [1.29, 1.82) is 0 Å². The number of nitrogens with zero attached hydrogens (tertiary/aromatic N) is 1. The zero-order valence-electron chi connectivity index (χ0n) is 20.5. The number of carbonyl (C=O) groups is 2. The predicted molar refractivity (Wildman–Crippen MR) is 131 cm³/mol. The number of ketones is 1. The normalized spacial score (nSPS) is 19.4. The van der Waals surface area contributed by atoms with E-state index in [9.17, 15) is 9.59 Å². The largest absolute Gasteiger partial charge is 0.497 e. The molecule has 2 aliphatic rings. The maximum atomic E-state index is 13.7. The highest BCUT2D eigenvalue weighted by molar-refractivity contribution is 6.09. The van der Waals surface area contributed by atoms with Gasteiger partial charge in [0.05, 0.1) is 20.1 Å². The van der Waals surface area contributed by atoms with Crippen molar-refractivity contribution in [1.82, 2.24) is 10.3 Å². The van der Waals surface area contributed by atoms with Crippen LogP contribution >= 0.6 is 0 Å². The summed E-state index contributed by atoms with van der Waals surface area (Å²) in [6.45, 7) is 7.92. The third-order valence-electron chi connectivity index (χ3n) is 6.37. The minimum absolute atomic E-state index is 0.0353. The molecule has 0 saturated carbocycles. The smallest absolute Gasteiger partial charge is 0.255 e. The molecule has 0 fully saturated rings. The van der Waals surface area contributed by atoms with Crippen LogP contribution in [0.1, 0.15) is 50.8 Å². The van der Waals surface area contributed by atoms with Gasteiger partial charge in [0.15, 0.2) is 5.78 Å². The first-order valence-electron chi connectivity index (χ1n) is 11.3. The summed E-state index contributed by atoms with van der Waals surface area (Å²) >= 11 is 0. The van der Waals surface area contributed by atoms with E-state index in [4.69, 9.17) is 9.47 Å². The van der Waals surface area contributed by atoms with Gasteiger partial charge >= 0.3 is 0 Å². The van der Waals surface area contributed by atoms with Crippen molar-refractivity contribution in [2.75, 3.05) is 19.5 Å². The van der Waals surface area contributed by atoms with Gasteiger partial charge in [-0.1, -0.05) is 26.0 Å². The van der Waals surface area contributed by atoms with Gasteiger partial charge in [-0.15, -0.1) is 0 Å². The molecule has 2 N–H and O–H groups in total. The van der Waals surface area contributed by atoms with Crippen molar-refractivity contribution in [2.45, 2.75) is 46.5 Å². The van der Waals surface area contributed by atoms with Gasteiger partial charge in [-0.2, -0.15) is 0 Å². The third-order valence-corrected chi connectivity index (χ3v) is 6.37. The van der Waals surface area contributed by atoms with Crippen LogP contribution < -0.4 is 20.1 Å². The van der Waals surface area contributed by atoms with Gasteiger partial charge in [-0.05, 0) is 43.9 Å². The summed E-state index contributed by atoms with van der Waals surface area (Å²) in [4.78, 5) is 31.6. The molecule has 0 saturated heterocycles. The first-order chi connectivity index (χ1) is 16.1. The SMILES string of the molecule is COc1ccc([C@H]2C(C(=O)Nc3cccc(C)n3)=C(C)NC3=C2C(=O)CC(C)(C)C3)c(OC)c1. The van der Waals surface area contributed by atoms with E-state index in [1.165, 1.54) is 0 Å². The van der Waals surface area contributed by atoms with Crippen LogP contribution in [0, 0.1) is 12.3 Å². The average Bonchev–Trinajstić information content (AvgIpc) is 2.76. The first-order valence-corrected chi connectivity index (χ1v) is 11.3. The van der Waals surface area contributed by atoms with Crippen molar-refractivity contribution in [3.63, 3.8) is 0 Å². The molecule has 1 amide bonds. The maximum absolute atomic E-state index is 13.7. The monoisotopic (exact) mass is 461 g/mol. The lowest BCUT2D eigenvalue weighted by atomic mass is 9.68. The summed E-state index contributed by atoms with van der Waals surface area (Å²) < 4.78 is 11.1. The number of ether oxygens (including phenoxy) is 2. The van der Waals surface area contributed by atoms with Gasteiger partial charge in [-0.3, -0.25) is 9.59 Å². The summed E-state index contributed by atoms with van der Waals surface area (Å²) in [5.74, 6) is 0.799. The number of nitrogens with one attached hydrogen (secondary N) is 2. The van der Waals surface area contributed by atoms with Crippen molar-refractivity contribution >= 4 is 17.5 Å². The Bertz CT molecular complexity index is 1230. The van der Waals surface area contributed by atoms with E-state index in [-0.39, 0.29) is 17.1 Å². The number of aromatic nitrogens is 1. The van der Waals surface area contributed by atoms with Gasteiger partial charge in [-0.25, -0.2) is 4.98 Å². The van der Waals surface area contributed by atoms with E-state index in [0.717, 1.165) is 17.0 Å². The number of hydrogen-bond acceptors (Lipinski definition) is 6. The van der Waals surface area contributed by atoms with Crippen molar-refractivity contribution in [3.05, 3.63) is 70.2 Å². The van der Waals surface area contributed by atoms with E-state index in [1.807, 2.05) is 38.1 Å². The fourth-order valence-electron chi connectivity index (χ4n) is 4.90. The second-order valence-corrected chi connectivity index (χ2v) is 9.66. The van der Waals surface area contributed by atoms with Crippen LogP contribution in [0.4, 0.5) is 5.82 Å². The number of carbonyl (C=O) groups excluding carboxylic acids is 2. The molecule has 1 aromatic carbocycles. The Balaban J connectivity index is 1.86. The van der Waals surface area contributed by atoms with E-state index in [0.29, 0.717) is 47.0 Å². The fourth-order valence-corrected chi connectivity index (χ4v) is 4.90. The third kappa shape index (κ3) is 4.42. The van der Waals surface area contributed by atoms with Gasteiger partial charge in [0.2, 0.25) is 0 Å². The molecule has 1 aliphatic carbocycles. The lowest BCUT2D eigenvalue weighted by molar-refractivity contribution is -0.118. The number of aryl methyl sites for hydroxylation is 1. The summed E-state index contributed by atoms with van der Waals surface area (Å²) in [5.41, 5.74) is 4.04. The quantitative estimate of drug-likeness (QED) is 0.674. The number of methoxy groups -OCH3 is 2. The molecule has 2 aromatic rings. The molecule has 7 heteroatoms. The molecule has 2 heterocycles. The number of amides is 1. The van der Waals surface area contributed by atoms with Crippen LogP contribution in [-0.2, 0) is 9.59 Å². The number of benzene rings is 1. The minimum Gasteiger partial charge on any atom is -0.497 e. The van der Waals surface area contributed by atoms with Gasteiger partial charge in [0, 0.05) is 46.3 Å². The van der Waals surface area contributed by atoms with E-state index >= 15 is 0 Å². The molecule has 0 spiro atoms. The highest BCUT2D eigenvalue weighted by Gasteiger charge is 2.43. The molecule has 4 rings (SSSR count). The molecule has 7 nitrogen and oxygen atoms in total. The van der Waals surface area contributed by atoms with Gasteiger partial charge in [0.25, 0.3) is 5.91 Å². The zero-order chi connectivity index (χ0) is 24.6. The van der Waals surface area contributed by atoms with Gasteiger partial charge < -0.3 is 20.1 Å². The summed E-state index contributed by atoms with van der Waals surface area (Å²) in [7, 11) is 3.16. The Morgan fingerprint density at radius 3 is 2.56 bits per heavy atom. The number of rotatable bonds is 5. The van der Waals surface area contributed by atoms with Crippen molar-refractivity contribution in [2.24, 2.45) is 5.41 Å². The maximum Gasteiger partial charge on any atom is 0.255 e. The molecule has 1 aliphatic heterocycles. The summed E-state index contributed by atoms with van der Waals surface area (Å²) in [5, 5.41) is 6.31. The van der Waals surface area contributed by atoms with E-state index in [1.54, 1.807) is 26.4 Å². The molecule has 1 atom stereocenters. The number of anilines is 1. The van der Waals surface area contributed by atoms with E-state index in [2.05, 4.69) is 29.5 Å². The summed E-state index contributed by atoms with van der Waals surface area (Å²) in [6, 6.07) is 10.9. The molecular weight excluding hydrogens is 430 g/mol. The molecule has 0 bridgehead atoms. The highest BCUT2D eigenvalue weighted by Crippen LogP contribution is 2.49. The Labute approximate surface area is 200 Å². The standard InChI is InChI=1S/C27H31N3O4/c1-15-8-7-9-22(28-15)30-26(32)23-16(2)29-19-13-27(3,4)14-20(31)25(19)24(23)18-11-10-17(33-5)12-21(18)34-6/h7-12,24,29H,13-14H2,1-6H3,(H,28,30,32)/t24-/m0/s1. The number of hydrogen-bond donors (Lipinski definition) is 2. The Hall–Kier alpha value is -3.61.